The zero-order valence-electron chi connectivity index (χ0n) is 13.6. The van der Waals surface area contributed by atoms with E-state index in [1.165, 1.54) is 20.1 Å². The van der Waals surface area contributed by atoms with E-state index in [1.54, 1.807) is 0 Å². The van der Waals surface area contributed by atoms with E-state index in [0.29, 0.717) is 0 Å². The first-order valence-electron chi connectivity index (χ1n) is 7.49. The molecule has 0 atom stereocenters. The van der Waals surface area contributed by atoms with Crippen LogP contribution in [-0.2, 0) is 23.2 Å². The van der Waals surface area contributed by atoms with Gasteiger partial charge in [0.2, 0.25) is 0 Å². The van der Waals surface area contributed by atoms with Crippen LogP contribution in [0.5, 0.6) is 0 Å². The zero-order chi connectivity index (χ0) is 19.4. The fraction of sp³-hybridized carbons (Fsp3) is 0.250. The third-order valence-corrected chi connectivity index (χ3v) is 12.5. The normalized spacial score (nSPS) is 28.8. The third-order valence-electron chi connectivity index (χ3n) is 4.49. The average Bonchev–Trinajstić information content (AvgIpc) is 2.88. The van der Waals surface area contributed by atoms with Crippen molar-refractivity contribution in [3.63, 3.8) is 0 Å². The van der Waals surface area contributed by atoms with Crippen molar-refractivity contribution in [1.29, 1.82) is 0 Å². The van der Waals surface area contributed by atoms with E-state index >= 15 is 0 Å². The number of quaternary nitrogens is 1. The van der Waals surface area contributed by atoms with Crippen LogP contribution < -0.4 is 8.92 Å². The van der Waals surface area contributed by atoms with Crippen molar-refractivity contribution in [3.05, 3.63) is 59.7 Å². The van der Waals surface area contributed by atoms with Gasteiger partial charge in [0.15, 0.2) is 10.1 Å². The van der Waals surface area contributed by atoms with Crippen molar-refractivity contribution >= 4 is 32.4 Å². The summed E-state index contributed by atoms with van der Waals surface area (Å²) in [5, 5.41) is 0. The van der Waals surface area contributed by atoms with Gasteiger partial charge in [-0.15, -0.1) is 0 Å². The van der Waals surface area contributed by atoms with Crippen LogP contribution in [0.3, 0.4) is 0 Å². The second kappa shape index (κ2) is 6.05. The van der Waals surface area contributed by atoms with Crippen LogP contribution in [0.2, 0.25) is 0 Å². The first-order valence-corrected chi connectivity index (χ1v) is 12.1. The number of fused-ring (bicyclic) bond motifs is 5. The maximum absolute atomic E-state index is 11.5. The Morgan fingerprint density at radius 1 is 1.00 bits per heavy atom. The average molecular weight is 454 g/mol. The van der Waals surface area contributed by atoms with Crippen molar-refractivity contribution in [3.8, 4) is 0 Å². The molecule has 0 spiro atoms. The third kappa shape index (κ3) is 2.87. The van der Waals surface area contributed by atoms with Crippen LogP contribution >= 0.6 is 0 Å². The summed E-state index contributed by atoms with van der Waals surface area (Å²) in [7, 11) is -3.87. The van der Waals surface area contributed by atoms with Crippen LogP contribution in [0.15, 0.2) is 48.5 Å². The zero-order valence-corrected chi connectivity index (χ0v) is 16.1. The molecule has 142 valence electrons. The summed E-state index contributed by atoms with van der Waals surface area (Å²) in [5.41, 5.74) is -2.96. The van der Waals surface area contributed by atoms with Gasteiger partial charge in [0.25, 0.3) is 0 Å². The van der Waals surface area contributed by atoms with Crippen molar-refractivity contribution in [1.82, 2.24) is 0 Å². The minimum Gasteiger partial charge on any atom is -0.741 e. The quantitative estimate of drug-likeness (QED) is 0.363. The Morgan fingerprint density at radius 2 is 1.35 bits per heavy atom. The Labute approximate surface area is 151 Å². The molecule has 26 heavy (non-hydrogen) atoms. The number of benzene rings is 2. The molecule has 2 aromatic carbocycles. The summed E-state index contributed by atoms with van der Waals surface area (Å²) in [5.74, 6) is 0. The van der Waals surface area contributed by atoms with Crippen LogP contribution in [-0.4, -0.2) is 46.6 Å². The molecule has 0 saturated heterocycles. The van der Waals surface area contributed by atoms with E-state index in [4.69, 9.17) is 13.0 Å². The Bertz CT molecular complexity index is 912. The molecule has 2 aromatic rings. The molecule has 0 fully saturated rings. The smallest absolute Gasteiger partial charge is 0.485 e. The molecule has 2 heterocycles. The van der Waals surface area contributed by atoms with Crippen molar-refractivity contribution in [2.45, 2.75) is 18.6 Å². The van der Waals surface area contributed by atoms with E-state index in [2.05, 4.69) is 55.6 Å². The van der Waals surface area contributed by atoms with Gasteiger partial charge in [-0.05, 0) is 0 Å². The Kier molecular flexibility index (Phi) is 4.50. The van der Waals surface area contributed by atoms with Crippen LogP contribution in [0.4, 0.5) is 13.2 Å². The van der Waals surface area contributed by atoms with Crippen molar-refractivity contribution in [2.75, 3.05) is 7.05 Å². The molecule has 4 rings (SSSR count). The van der Waals surface area contributed by atoms with E-state index < -0.39 is 29.0 Å². The minimum absolute atomic E-state index is 0.815. The van der Waals surface area contributed by atoms with Crippen molar-refractivity contribution < 1.29 is 33.8 Å². The van der Waals surface area contributed by atoms with Gasteiger partial charge in [0.05, 0.1) is 0 Å². The molecule has 10 heteroatoms. The minimum atomic E-state index is -6.09. The summed E-state index contributed by atoms with van der Waals surface area (Å²) in [6.45, 7) is 1.95. The van der Waals surface area contributed by atoms with Gasteiger partial charge in [-0.1, -0.05) is 0 Å². The van der Waals surface area contributed by atoms with Crippen molar-refractivity contribution in [2.24, 2.45) is 0 Å². The molecule has 2 aliphatic rings. The molecule has 0 amide bonds. The number of rotatable bonds is 0. The maximum Gasteiger partial charge on any atom is 0.485 e. The summed E-state index contributed by atoms with van der Waals surface area (Å²) >= 11 is -2.80. The molecular weight excluding hydrogens is 438 g/mol. The largest absolute Gasteiger partial charge is 0.741 e. The maximum atomic E-state index is 11.5. The number of alkyl halides is 3. The molecule has 0 aromatic heterocycles. The molecule has 0 unspecified atom stereocenters. The fourth-order valence-electron chi connectivity index (χ4n) is 3.38. The summed E-state index contributed by atoms with van der Waals surface area (Å²) < 4.78 is 73.7. The summed E-state index contributed by atoms with van der Waals surface area (Å²) in [6, 6.07) is 16.9. The topological polar surface area (TPSA) is 77.4 Å². The predicted octanol–water partition coefficient (Wildman–Crippen LogP) is 0.760. The second-order valence-corrected chi connectivity index (χ2v) is 13.6. The predicted molar refractivity (Wildman–Crippen MR) is 89.5 cm³/mol. The SMILES string of the molecule is C[N+]12Cc3ccccc3[Se]1(O)c1ccccc1C2.O=S(=O)([O-])C(F)(F)F. The number of nitrogens with zero attached hydrogens (tertiary/aromatic N) is 1. The second-order valence-electron chi connectivity index (χ2n) is 6.28. The van der Waals surface area contributed by atoms with Gasteiger partial charge in [-0.2, -0.15) is 13.2 Å². The van der Waals surface area contributed by atoms with E-state index in [9.17, 15) is 17.4 Å². The summed E-state index contributed by atoms with van der Waals surface area (Å²) in [4.78, 5) is 0. The van der Waals surface area contributed by atoms with Gasteiger partial charge in [0, 0.05) is 0 Å². The molecule has 1 N–H and O–H groups in total. The number of halogens is 3. The van der Waals surface area contributed by atoms with Gasteiger partial charge in [0.1, 0.15) is 0 Å². The molecule has 5 nitrogen and oxygen atoms in total. The van der Waals surface area contributed by atoms with Crippen LogP contribution in [0.1, 0.15) is 11.1 Å². The molecule has 0 bridgehead atoms. The number of hydrogen-bond acceptors (Lipinski definition) is 4. The van der Waals surface area contributed by atoms with Gasteiger partial charge < -0.3 is 4.55 Å². The van der Waals surface area contributed by atoms with E-state index in [-0.39, 0.29) is 0 Å². The first kappa shape index (κ1) is 19.3. The van der Waals surface area contributed by atoms with Crippen LogP contribution in [0, 0.1) is 0 Å². The van der Waals surface area contributed by atoms with Crippen LogP contribution in [0.25, 0.3) is 0 Å². The van der Waals surface area contributed by atoms with Gasteiger partial charge in [-0.25, -0.2) is 8.42 Å². The molecule has 2 aliphatic heterocycles. The summed E-state index contributed by atoms with van der Waals surface area (Å²) in [6.07, 6.45) is 0. The number of hydrogen-bond donors (Lipinski definition) is 1. The fourth-order valence-corrected chi connectivity index (χ4v) is 10.5. The monoisotopic (exact) mass is 455 g/mol. The molecule has 0 aliphatic carbocycles. The Morgan fingerprint density at radius 3 is 1.69 bits per heavy atom. The molecule has 0 radical (unpaired) electrons. The van der Waals surface area contributed by atoms with E-state index in [1.807, 2.05) is 0 Å². The van der Waals surface area contributed by atoms with Gasteiger partial charge in [-0.3, -0.25) is 0 Å². The van der Waals surface area contributed by atoms with E-state index in [0.717, 1.165) is 16.6 Å². The molecular formula is C16H16F3NO4SSe. The Hall–Kier alpha value is -1.42. The first-order chi connectivity index (χ1) is 11.9. The molecule has 0 saturated carbocycles. The Balaban J connectivity index is 0.000000211. The standard InChI is InChI=1S/C15H15NOSe.CHF3O3S/c1-16-10-12-6-2-4-8-14(12)18(16,17)15-9-5-3-7-13(15)11-16;2-1(3,4)8(5,6)7/h2-9H,10-11H2,1H3;(H,5,6,7). The van der Waals surface area contributed by atoms with Gasteiger partial charge >= 0.3 is 115 Å².